The highest BCUT2D eigenvalue weighted by molar-refractivity contribution is 5.98. The number of methoxy groups -OCH3 is 1. The molecule has 0 fully saturated rings. The van der Waals surface area contributed by atoms with Gasteiger partial charge >= 0.3 is 0 Å². The molecule has 0 spiro atoms. The number of nitrogens with zero attached hydrogens (tertiary/aromatic N) is 1. The van der Waals surface area contributed by atoms with Gasteiger partial charge in [0.2, 0.25) is 0 Å². The third-order valence-corrected chi connectivity index (χ3v) is 2.62. The monoisotopic (exact) mass is 189 g/mol. The second kappa shape index (κ2) is 3.05. The van der Waals surface area contributed by atoms with Crippen molar-refractivity contribution < 1.29 is 4.74 Å². The number of anilines is 1. The van der Waals surface area contributed by atoms with Crippen LogP contribution in [0.2, 0.25) is 0 Å². The Balaban J connectivity index is 2.51. The molecule has 2 heteroatoms. The van der Waals surface area contributed by atoms with Crippen LogP contribution in [-0.4, -0.2) is 21.2 Å². The van der Waals surface area contributed by atoms with Crippen molar-refractivity contribution in [1.82, 2.24) is 0 Å². The largest absolute Gasteiger partial charge is 0.496 e. The average molecular weight is 189 g/mol. The van der Waals surface area contributed by atoms with Gasteiger partial charge in [-0.25, -0.2) is 0 Å². The second-order valence-electron chi connectivity index (χ2n) is 3.83. The molecular formula is C12H15NO. The lowest BCUT2D eigenvalue weighted by Crippen LogP contribution is -2.11. The summed E-state index contributed by atoms with van der Waals surface area (Å²) >= 11 is 0. The minimum atomic E-state index is 0.978. The summed E-state index contributed by atoms with van der Waals surface area (Å²) in [5, 5.41) is 0. The van der Waals surface area contributed by atoms with Crippen LogP contribution in [0, 0.1) is 0 Å². The summed E-state index contributed by atoms with van der Waals surface area (Å²) in [6.07, 6.45) is 2.19. The van der Waals surface area contributed by atoms with Crippen LogP contribution in [0.5, 0.6) is 5.75 Å². The first-order valence-electron chi connectivity index (χ1n) is 4.71. The van der Waals surface area contributed by atoms with Gasteiger partial charge in [-0.15, -0.1) is 0 Å². The molecule has 0 amide bonds. The van der Waals surface area contributed by atoms with Gasteiger partial charge in [0.05, 0.1) is 7.11 Å². The lowest BCUT2D eigenvalue weighted by atomic mass is 9.88. The second-order valence-corrected chi connectivity index (χ2v) is 3.83. The average Bonchev–Trinajstić information content (AvgIpc) is 2.14. The molecule has 1 aliphatic rings. The number of hydrogen-bond donors (Lipinski definition) is 0. The summed E-state index contributed by atoms with van der Waals surface area (Å²) < 4.78 is 5.37. The molecular weight excluding hydrogens is 174 g/mol. The molecule has 0 aliphatic heterocycles. The minimum absolute atomic E-state index is 0.978. The van der Waals surface area contributed by atoms with Crippen LogP contribution in [0.1, 0.15) is 18.1 Å². The Bertz CT molecular complexity index is 405. The highest BCUT2D eigenvalue weighted by atomic mass is 16.5. The molecule has 1 aromatic carbocycles. The molecule has 0 N–H and O–H groups in total. The van der Waals surface area contributed by atoms with Gasteiger partial charge in [-0.3, -0.25) is 0 Å². The number of fused-ring (bicyclic) bond motifs is 1. The summed E-state index contributed by atoms with van der Waals surface area (Å²) in [5.41, 5.74) is 5.04. The van der Waals surface area contributed by atoms with Crippen molar-refractivity contribution in [3.05, 3.63) is 23.3 Å². The van der Waals surface area contributed by atoms with Gasteiger partial charge in [-0.1, -0.05) is 6.08 Å². The number of allylic oxidation sites excluding steroid dienone is 1. The Morgan fingerprint density at radius 1 is 1.21 bits per heavy atom. The van der Waals surface area contributed by atoms with E-state index in [1.165, 1.54) is 22.4 Å². The van der Waals surface area contributed by atoms with Gasteiger partial charge in [0, 0.05) is 31.4 Å². The van der Waals surface area contributed by atoms with Crippen molar-refractivity contribution in [2.45, 2.75) is 6.92 Å². The summed E-state index contributed by atoms with van der Waals surface area (Å²) in [4.78, 5) is 2.09. The summed E-state index contributed by atoms with van der Waals surface area (Å²) in [5.74, 6) is 0.978. The fourth-order valence-electron chi connectivity index (χ4n) is 1.80. The third kappa shape index (κ3) is 1.18. The maximum atomic E-state index is 5.37. The molecule has 0 radical (unpaired) electrons. The number of ether oxygens (including phenoxy) is 1. The van der Waals surface area contributed by atoms with Crippen LogP contribution in [0.3, 0.4) is 0 Å². The maximum Gasteiger partial charge on any atom is 0.129 e. The standard InChI is InChI=1S/C12H15NO/c1-8-5-9-6-10(13(2)3)7-11(14-4)12(8)9/h5-7H,1-4H3. The van der Waals surface area contributed by atoms with Crippen LogP contribution < -0.4 is 9.64 Å². The first-order valence-corrected chi connectivity index (χ1v) is 4.71. The molecule has 0 saturated carbocycles. The fraction of sp³-hybridized carbons (Fsp3) is 0.333. The first-order chi connectivity index (χ1) is 6.63. The highest BCUT2D eigenvalue weighted by Crippen LogP contribution is 2.41. The van der Waals surface area contributed by atoms with Crippen molar-refractivity contribution in [1.29, 1.82) is 0 Å². The molecule has 1 aliphatic carbocycles. The predicted molar refractivity (Wildman–Crippen MR) is 60.9 cm³/mol. The van der Waals surface area contributed by atoms with Crippen LogP contribution in [0.4, 0.5) is 5.69 Å². The number of hydrogen-bond acceptors (Lipinski definition) is 2. The van der Waals surface area contributed by atoms with Crippen molar-refractivity contribution in [3.8, 4) is 5.75 Å². The smallest absolute Gasteiger partial charge is 0.129 e. The minimum Gasteiger partial charge on any atom is -0.496 e. The molecule has 0 atom stereocenters. The van der Waals surface area contributed by atoms with E-state index in [-0.39, 0.29) is 0 Å². The van der Waals surface area contributed by atoms with E-state index < -0.39 is 0 Å². The highest BCUT2D eigenvalue weighted by Gasteiger charge is 2.19. The molecule has 2 rings (SSSR count). The Hall–Kier alpha value is -1.44. The van der Waals surface area contributed by atoms with Gasteiger partial charge in [0.25, 0.3) is 0 Å². The van der Waals surface area contributed by atoms with Crippen LogP contribution in [0.25, 0.3) is 11.6 Å². The van der Waals surface area contributed by atoms with Gasteiger partial charge in [0.1, 0.15) is 5.75 Å². The van der Waals surface area contributed by atoms with Crippen molar-refractivity contribution in [2.24, 2.45) is 0 Å². The van der Waals surface area contributed by atoms with E-state index in [1.54, 1.807) is 7.11 Å². The van der Waals surface area contributed by atoms with Gasteiger partial charge in [0.15, 0.2) is 0 Å². The van der Waals surface area contributed by atoms with E-state index in [1.807, 2.05) is 14.1 Å². The Morgan fingerprint density at radius 3 is 2.43 bits per heavy atom. The van der Waals surface area contributed by atoms with E-state index in [4.69, 9.17) is 4.74 Å². The number of benzene rings is 1. The molecule has 14 heavy (non-hydrogen) atoms. The molecule has 0 bridgehead atoms. The Kier molecular flexibility index (Phi) is 1.99. The Morgan fingerprint density at radius 2 is 1.93 bits per heavy atom. The molecule has 0 aromatic heterocycles. The zero-order valence-corrected chi connectivity index (χ0v) is 9.09. The van der Waals surface area contributed by atoms with E-state index in [0.29, 0.717) is 0 Å². The molecule has 74 valence electrons. The first kappa shape index (κ1) is 9.13. The zero-order chi connectivity index (χ0) is 10.3. The predicted octanol–water partition coefficient (Wildman–Crippen LogP) is 2.64. The molecule has 0 saturated heterocycles. The van der Waals surface area contributed by atoms with E-state index >= 15 is 0 Å². The summed E-state index contributed by atoms with van der Waals surface area (Å²) in [6.45, 7) is 2.11. The van der Waals surface area contributed by atoms with Gasteiger partial charge in [-0.05, 0) is 24.1 Å². The molecule has 2 nitrogen and oxygen atoms in total. The van der Waals surface area contributed by atoms with Crippen LogP contribution in [0.15, 0.2) is 12.1 Å². The summed E-state index contributed by atoms with van der Waals surface area (Å²) in [6, 6.07) is 4.26. The fourth-order valence-corrected chi connectivity index (χ4v) is 1.80. The quantitative estimate of drug-likeness (QED) is 0.709. The van der Waals surface area contributed by atoms with Gasteiger partial charge in [-0.2, -0.15) is 0 Å². The zero-order valence-electron chi connectivity index (χ0n) is 9.09. The van der Waals surface area contributed by atoms with Crippen LogP contribution in [-0.2, 0) is 0 Å². The normalized spacial score (nSPS) is 12.7. The lowest BCUT2D eigenvalue weighted by Gasteiger charge is -2.23. The Labute approximate surface area is 84.8 Å². The molecule has 0 heterocycles. The van der Waals surface area contributed by atoms with Crippen molar-refractivity contribution in [2.75, 3.05) is 26.1 Å². The van der Waals surface area contributed by atoms with Crippen LogP contribution >= 0.6 is 0 Å². The van der Waals surface area contributed by atoms with Crippen molar-refractivity contribution in [3.63, 3.8) is 0 Å². The van der Waals surface area contributed by atoms with Gasteiger partial charge < -0.3 is 9.64 Å². The van der Waals surface area contributed by atoms with E-state index in [0.717, 1.165) is 5.75 Å². The topological polar surface area (TPSA) is 12.5 Å². The van der Waals surface area contributed by atoms with E-state index in [2.05, 4.69) is 30.0 Å². The SMILES string of the molecule is COc1cc(N(C)C)cc2c1C(C)=C2. The maximum absolute atomic E-state index is 5.37. The third-order valence-electron chi connectivity index (χ3n) is 2.62. The molecule has 0 unspecified atom stereocenters. The summed E-state index contributed by atoms with van der Waals surface area (Å²) in [7, 11) is 5.80. The number of rotatable bonds is 2. The van der Waals surface area contributed by atoms with Crippen molar-refractivity contribution >= 4 is 17.3 Å². The lowest BCUT2D eigenvalue weighted by molar-refractivity contribution is 0.413. The van der Waals surface area contributed by atoms with E-state index in [9.17, 15) is 0 Å². The molecule has 1 aromatic rings.